The molecule has 2 N–H and O–H groups in total. The third kappa shape index (κ3) is 2.20. The minimum atomic E-state index is -0.201. The van der Waals surface area contributed by atoms with E-state index < -0.39 is 0 Å². The van der Waals surface area contributed by atoms with Gasteiger partial charge in [0.25, 0.3) is 5.91 Å². The van der Waals surface area contributed by atoms with Gasteiger partial charge in [-0.3, -0.25) is 4.79 Å². The first kappa shape index (κ1) is 13.2. The molecule has 1 aromatic heterocycles. The van der Waals surface area contributed by atoms with E-state index in [0.717, 1.165) is 29.4 Å². The maximum absolute atomic E-state index is 12.4. The van der Waals surface area contributed by atoms with Gasteiger partial charge in [0, 0.05) is 18.5 Å². The maximum Gasteiger partial charge on any atom is 0.289 e. The number of nitrogens with two attached hydrogens (primary N) is 1. The van der Waals surface area contributed by atoms with Crippen molar-refractivity contribution in [3.8, 4) is 0 Å². The van der Waals surface area contributed by atoms with Gasteiger partial charge in [-0.15, -0.1) is 0 Å². The molecule has 0 saturated carbocycles. The highest BCUT2D eigenvalue weighted by molar-refractivity contribution is 5.96. The van der Waals surface area contributed by atoms with Crippen LogP contribution in [0.15, 0.2) is 28.7 Å². The Morgan fingerprint density at radius 3 is 2.85 bits per heavy atom. The lowest BCUT2D eigenvalue weighted by molar-refractivity contribution is 0.0359. The van der Waals surface area contributed by atoms with Gasteiger partial charge in [0.1, 0.15) is 5.58 Å². The zero-order valence-electron chi connectivity index (χ0n) is 12.0. The molecule has 0 bridgehead atoms. The van der Waals surface area contributed by atoms with Crippen LogP contribution in [0.5, 0.6) is 0 Å². The zero-order chi connectivity index (χ0) is 14.3. The van der Waals surface area contributed by atoms with Gasteiger partial charge in [-0.05, 0) is 31.5 Å². The van der Waals surface area contributed by atoms with Crippen LogP contribution in [0, 0.1) is 6.92 Å². The van der Waals surface area contributed by atoms with Crippen molar-refractivity contribution in [2.24, 2.45) is 5.73 Å². The molecule has 0 atom stereocenters. The van der Waals surface area contributed by atoms with Crippen molar-refractivity contribution in [3.05, 3.63) is 35.6 Å². The molecule has 3 rings (SSSR count). The molecule has 0 radical (unpaired) electrons. The predicted molar refractivity (Wildman–Crippen MR) is 78.7 cm³/mol. The van der Waals surface area contributed by atoms with E-state index in [2.05, 4.69) is 6.92 Å². The first-order chi connectivity index (χ1) is 9.50. The van der Waals surface area contributed by atoms with Gasteiger partial charge in [0.15, 0.2) is 5.76 Å². The van der Waals surface area contributed by atoms with Gasteiger partial charge in [-0.25, -0.2) is 0 Å². The molecule has 1 aromatic carbocycles. The summed E-state index contributed by atoms with van der Waals surface area (Å²) in [6.45, 7) is 5.38. The number of hydrogen-bond acceptors (Lipinski definition) is 3. The number of benzene rings is 1. The van der Waals surface area contributed by atoms with Crippen molar-refractivity contribution >= 4 is 16.9 Å². The molecule has 4 heteroatoms. The van der Waals surface area contributed by atoms with E-state index in [0.29, 0.717) is 18.8 Å². The number of amides is 1. The summed E-state index contributed by atoms with van der Waals surface area (Å²) in [5.74, 6) is 0.347. The molecule has 4 nitrogen and oxygen atoms in total. The molecule has 0 aliphatic carbocycles. The van der Waals surface area contributed by atoms with E-state index in [1.54, 1.807) is 4.90 Å². The van der Waals surface area contributed by atoms with E-state index in [-0.39, 0.29) is 11.4 Å². The number of carbonyl (C=O) groups is 1. The van der Waals surface area contributed by atoms with Crippen LogP contribution in [-0.4, -0.2) is 29.4 Å². The molecule has 1 aliphatic heterocycles. The maximum atomic E-state index is 12.4. The Kier molecular flexibility index (Phi) is 3.05. The Balaban J connectivity index is 1.77. The second kappa shape index (κ2) is 4.63. The Morgan fingerprint density at radius 1 is 1.40 bits per heavy atom. The average Bonchev–Trinajstić information content (AvgIpc) is 2.78. The highest BCUT2D eigenvalue weighted by atomic mass is 16.3. The molecular formula is C16H20N2O2. The number of carbonyl (C=O) groups excluding carboxylic acids is 1. The molecule has 1 fully saturated rings. The van der Waals surface area contributed by atoms with E-state index >= 15 is 0 Å². The van der Waals surface area contributed by atoms with E-state index in [1.807, 2.05) is 31.2 Å². The number of rotatable bonds is 3. The Hall–Kier alpha value is -1.81. The largest absolute Gasteiger partial charge is 0.451 e. The Bertz CT molecular complexity index is 654. The quantitative estimate of drug-likeness (QED) is 0.934. The van der Waals surface area contributed by atoms with Crippen molar-refractivity contribution in [1.29, 1.82) is 0 Å². The Morgan fingerprint density at radius 2 is 2.15 bits per heavy atom. The number of fused-ring (bicyclic) bond motifs is 1. The summed E-state index contributed by atoms with van der Waals surface area (Å²) in [6, 6.07) is 7.73. The fraction of sp³-hybridized carbons (Fsp3) is 0.438. The second-order valence-electron chi connectivity index (χ2n) is 5.93. The summed E-state index contributed by atoms with van der Waals surface area (Å²) in [6.07, 6.45) is 2.00. The molecule has 0 spiro atoms. The third-order valence-corrected chi connectivity index (χ3v) is 3.93. The van der Waals surface area contributed by atoms with Crippen LogP contribution in [0.2, 0.25) is 0 Å². The third-order valence-electron chi connectivity index (χ3n) is 3.93. The number of nitrogens with zero attached hydrogens (tertiary/aromatic N) is 1. The molecule has 1 amide bonds. The van der Waals surface area contributed by atoms with E-state index in [9.17, 15) is 4.79 Å². The van der Waals surface area contributed by atoms with Gasteiger partial charge >= 0.3 is 0 Å². The number of aryl methyl sites for hydroxylation is 1. The molecule has 0 unspecified atom stereocenters. The summed E-state index contributed by atoms with van der Waals surface area (Å²) >= 11 is 0. The van der Waals surface area contributed by atoms with Crippen LogP contribution in [0.3, 0.4) is 0 Å². The number of likely N-dealkylation sites (tertiary alicyclic amines) is 1. The highest BCUT2D eigenvalue weighted by Crippen LogP contribution is 2.27. The van der Waals surface area contributed by atoms with Gasteiger partial charge in [-0.1, -0.05) is 25.0 Å². The number of furan rings is 1. The van der Waals surface area contributed by atoms with Crippen LogP contribution < -0.4 is 5.73 Å². The smallest absolute Gasteiger partial charge is 0.289 e. The van der Waals surface area contributed by atoms with Crippen LogP contribution in [0.4, 0.5) is 0 Å². The Labute approximate surface area is 118 Å². The van der Waals surface area contributed by atoms with Gasteiger partial charge < -0.3 is 15.1 Å². The van der Waals surface area contributed by atoms with Crippen molar-refractivity contribution in [3.63, 3.8) is 0 Å². The van der Waals surface area contributed by atoms with Gasteiger partial charge in [0.2, 0.25) is 0 Å². The fourth-order valence-corrected chi connectivity index (χ4v) is 2.94. The SMILES string of the molecule is CCCC1(N)CN(C(=O)c2cc3cc(C)ccc3o2)C1. The van der Waals surface area contributed by atoms with E-state index in [4.69, 9.17) is 10.2 Å². The minimum Gasteiger partial charge on any atom is -0.451 e. The summed E-state index contributed by atoms with van der Waals surface area (Å²) in [5.41, 5.74) is 7.90. The number of hydrogen-bond donors (Lipinski definition) is 1. The molecule has 2 aromatic rings. The minimum absolute atomic E-state index is 0.0592. The summed E-state index contributed by atoms with van der Waals surface area (Å²) in [7, 11) is 0. The predicted octanol–water partition coefficient (Wildman–Crippen LogP) is 2.69. The lowest BCUT2D eigenvalue weighted by Gasteiger charge is -2.47. The van der Waals surface area contributed by atoms with Crippen molar-refractivity contribution < 1.29 is 9.21 Å². The molecule has 2 heterocycles. The first-order valence-electron chi connectivity index (χ1n) is 7.09. The molecule has 20 heavy (non-hydrogen) atoms. The standard InChI is InChI=1S/C16H20N2O2/c1-3-6-16(17)9-18(10-16)15(19)14-8-12-7-11(2)4-5-13(12)20-14/h4-5,7-8H,3,6,9-10,17H2,1-2H3. The van der Waals surface area contributed by atoms with Crippen LogP contribution in [0.1, 0.15) is 35.9 Å². The van der Waals surface area contributed by atoms with Crippen molar-refractivity contribution in [2.75, 3.05) is 13.1 Å². The lowest BCUT2D eigenvalue weighted by Crippen LogP contribution is -2.68. The summed E-state index contributed by atoms with van der Waals surface area (Å²) in [5, 5.41) is 0.974. The van der Waals surface area contributed by atoms with Crippen molar-refractivity contribution in [1.82, 2.24) is 4.90 Å². The van der Waals surface area contributed by atoms with Crippen LogP contribution in [-0.2, 0) is 0 Å². The van der Waals surface area contributed by atoms with Gasteiger partial charge in [0.05, 0.1) is 5.54 Å². The lowest BCUT2D eigenvalue weighted by atomic mass is 9.86. The van der Waals surface area contributed by atoms with Crippen LogP contribution in [0.25, 0.3) is 11.0 Å². The second-order valence-corrected chi connectivity index (χ2v) is 5.93. The monoisotopic (exact) mass is 272 g/mol. The summed E-state index contributed by atoms with van der Waals surface area (Å²) in [4.78, 5) is 14.1. The first-order valence-corrected chi connectivity index (χ1v) is 7.09. The van der Waals surface area contributed by atoms with Crippen LogP contribution >= 0.6 is 0 Å². The molecule has 1 aliphatic rings. The van der Waals surface area contributed by atoms with E-state index in [1.165, 1.54) is 0 Å². The topological polar surface area (TPSA) is 59.5 Å². The highest BCUT2D eigenvalue weighted by Gasteiger charge is 2.42. The molecule has 106 valence electrons. The average molecular weight is 272 g/mol. The molecular weight excluding hydrogens is 252 g/mol. The van der Waals surface area contributed by atoms with Crippen molar-refractivity contribution in [2.45, 2.75) is 32.2 Å². The van der Waals surface area contributed by atoms with Gasteiger partial charge in [-0.2, -0.15) is 0 Å². The summed E-state index contributed by atoms with van der Waals surface area (Å²) < 4.78 is 5.64. The fourth-order valence-electron chi connectivity index (χ4n) is 2.94. The zero-order valence-corrected chi connectivity index (χ0v) is 12.0. The normalized spacial score (nSPS) is 17.2. The molecule has 1 saturated heterocycles.